The SMILES string of the molecule is CC(C)COC1CCN(C(=O)CNC(=O)c2ccc(Cl)cc2Cl)CC1. The molecule has 25 heavy (non-hydrogen) atoms. The second-order valence-electron chi connectivity index (χ2n) is 6.61. The van der Waals surface area contributed by atoms with E-state index in [1.54, 1.807) is 17.0 Å². The first-order valence-corrected chi connectivity index (χ1v) is 9.25. The Balaban J connectivity index is 1.76. The third-order valence-corrected chi connectivity index (χ3v) is 4.58. The van der Waals surface area contributed by atoms with Crippen molar-refractivity contribution < 1.29 is 14.3 Å². The van der Waals surface area contributed by atoms with Crippen LogP contribution in [0.4, 0.5) is 0 Å². The zero-order valence-corrected chi connectivity index (χ0v) is 16.1. The monoisotopic (exact) mass is 386 g/mol. The number of halogens is 2. The molecular formula is C18H24Cl2N2O3. The molecule has 1 aliphatic rings. The van der Waals surface area contributed by atoms with E-state index in [4.69, 9.17) is 27.9 Å². The maximum absolute atomic E-state index is 12.3. The molecule has 0 atom stereocenters. The number of ether oxygens (including phenoxy) is 1. The van der Waals surface area contributed by atoms with Crippen molar-refractivity contribution in [3.05, 3.63) is 33.8 Å². The number of hydrogen-bond acceptors (Lipinski definition) is 3. The molecule has 1 N–H and O–H groups in total. The van der Waals surface area contributed by atoms with E-state index in [1.807, 2.05) is 0 Å². The lowest BCUT2D eigenvalue weighted by molar-refractivity contribution is -0.132. The lowest BCUT2D eigenvalue weighted by Crippen LogP contribution is -2.45. The maximum atomic E-state index is 12.3. The predicted octanol–water partition coefficient (Wildman–Crippen LogP) is 3.39. The van der Waals surface area contributed by atoms with Gasteiger partial charge in [0, 0.05) is 24.7 Å². The van der Waals surface area contributed by atoms with Crippen LogP contribution in [-0.4, -0.2) is 49.1 Å². The Morgan fingerprint density at radius 3 is 2.56 bits per heavy atom. The van der Waals surface area contributed by atoms with Gasteiger partial charge >= 0.3 is 0 Å². The molecule has 0 unspecified atom stereocenters. The van der Waals surface area contributed by atoms with E-state index in [1.165, 1.54) is 6.07 Å². The Labute approximate surface area is 158 Å². The lowest BCUT2D eigenvalue weighted by Gasteiger charge is -2.32. The third-order valence-electron chi connectivity index (χ3n) is 4.04. The minimum atomic E-state index is -0.384. The first-order chi connectivity index (χ1) is 11.9. The summed E-state index contributed by atoms with van der Waals surface area (Å²) >= 11 is 11.8. The van der Waals surface area contributed by atoms with Crippen LogP contribution in [0.15, 0.2) is 18.2 Å². The van der Waals surface area contributed by atoms with Crippen molar-refractivity contribution in [3.8, 4) is 0 Å². The maximum Gasteiger partial charge on any atom is 0.253 e. The van der Waals surface area contributed by atoms with Gasteiger partial charge in [-0.05, 0) is 37.0 Å². The molecule has 0 aliphatic carbocycles. The highest BCUT2D eigenvalue weighted by Gasteiger charge is 2.23. The third kappa shape index (κ3) is 6.17. The van der Waals surface area contributed by atoms with Crippen LogP contribution in [0.25, 0.3) is 0 Å². The largest absolute Gasteiger partial charge is 0.378 e. The van der Waals surface area contributed by atoms with Crippen molar-refractivity contribution in [2.24, 2.45) is 5.92 Å². The van der Waals surface area contributed by atoms with E-state index < -0.39 is 0 Å². The molecule has 0 aromatic heterocycles. The van der Waals surface area contributed by atoms with Crippen molar-refractivity contribution in [1.82, 2.24) is 10.2 Å². The number of nitrogens with zero attached hydrogens (tertiary/aromatic N) is 1. The molecule has 1 fully saturated rings. The molecular weight excluding hydrogens is 363 g/mol. The molecule has 0 radical (unpaired) electrons. The molecule has 5 nitrogen and oxygen atoms in total. The number of amides is 2. The van der Waals surface area contributed by atoms with Gasteiger partial charge in [-0.3, -0.25) is 9.59 Å². The zero-order valence-electron chi connectivity index (χ0n) is 14.6. The van der Waals surface area contributed by atoms with Crippen LogP contribution in [0.1, 0.15) is 37.0 Å². The van der Waals surface area contributed by atoms with E-state index >= 15 is 0 Å². The molecule has 1 saturated heterocycles. The molecule has 1 heterocycles. The second-order valence-corrected chi connectivity index (χ2v) is 7.46. The van der Waals surface area contributed by atoms with Gasteiger partial charge in [0.15, 0.2) is 0 Å². The molecule has 2 rings (SSSR count). The normalized spacial score (nSPS) is 15.5. The number of piperidine rings is 1. The summed E-state index contributed by atoms with van der Waals surface area (Å²) in [6.45, 7) is 6.24. The fourth-order valence-electron chi connectivity index (χ4n) is 2.64. The highest BCUT2D eigenvalue weighted by Crippen LogP contribution is 2.21. The van der Waals surface area contributed by atoms with Gasteiger partial charge in [-0.15, -0.1) is 0 Å². The van der Waals surface area contributed by atoms with Crippen molar-refractivity contribution in [1.29, 1.82) is 0 Å². The summed E-state index contributed by atoms with van der Waals surface area (Å²) in [6.07, 6.45) is 1.87. The van der Waals surface area contributed by atoms with Crippen molar-refractivity contribution in [2.45, 2.75) is 32.8 Å². The van der Waals surface area contributed by atoms with Gasteiger partial charge in [-0.25, -0.2) is 0 Å². The van der Waals surface area contributed by atoms with Gasteiger partial charge < -0.3 is 15.0 Å². The molecule has 2 amide bonds. The van der Waals surface area contributed by atoms with E-state index in [0.29, 0.717) is 29.6 Å². The van der Waals surface area contributed by atoms with E-state index in [-0.39, 0.29) is 29.5 Å². The average molecular weight is 387 g/mol. The van der Waals surface area contributed by atoms with Crippen molar-refractivity contribution in [2.75, 3.05) is 26.2 Å². The number of hydrogen-bond donors (Lipinski definition) is 1. The Hall–Kier alpha value is -1.30. The fourth-order valence-corrected chi connectivity index (χ4v) is 3.13. The highest BCUT2D eigenvalue weighted by atomic mass is 35.5. The number of nitrogens with one attached hydrogen (secondary N) is 1. The Morgan fingerprint density at radius 2 is 1.96 bits per heavy atom. The van der Waals surface area contributed by atoms with Gasteiger partial charge in [0.1, 0.15) is 0 Å². The number of likely N-dealkylation sites (tertiary alicyclic amines) is 1. The van der Waals surface area contributed by atoms with Crippen LogP contribution in [0.2, 0.25) is 10.0 Å². The number of carbonyl (C=O) groups is 2. The molecule has 138 valence electrons. The first kappa shape index (κ1) is 20.0. The molecule has 7 heteroatoms. The summed E-state index contributed by atoms with van der Waals surface area (Å²) in [6, 6.07) is 4.63. The van der Waals surface area contributed by atoms with Gasteiger partial charge in [0.2, 0.25) is 5.91 Å². The summed E-state index contributed by atoms with van der Waals surface area (Å²) < 4.78 is 5.82. The first-order valence-electron chi connectivity index (χ1n) is 8.49. The summed E-state index contributed by atoms with van der Waals surface area (Å²) in [5.41, 5.74) is 0.305. The molecule has 0 spiro atoms. The number of carbonyl (C=O) groups excluding carboxylic acids is 2. The van der Waals surface area contributed by atoms with Gasteiger partial charge in [-0.1, -0.05) is 37.0 Å². The minimum Gasteiger partial charge on any atom is -0.378 e. The fraction of sp³-hybridized carbons (Fsp3) is 0.556. The van der Waals surface area contributed by atoms with Crippen LogP contribution in [-0.2, 0) is 9.53 Å². The smallest absolute Gasteiger partial charge is 0.253 e. The van der Waals surface area contributed by atoms with Gasteiger partial charge in [0.25, 0.3) is 5.91 Å². The predicted molar refractivity (Wildman–Crippen MR) is 99.2 cm³/mol. The minimum absolute atomic E-state index is 0.0463. The topological polar surface area (TPSA) is 58.6 Å². The summed E-state index contributed by atoms with van der Waals surface area (Å²) in [5.74, 6) is 0.0282. The van der Waals surface area contributed by atoms with Crippen LogP contribution in [0, 0.1) is 5.92 Å². The Kier molecular flexibility index (Phi) is 7.54. The summed E-state index contributed by atoms with van der Waals surface area (Å²) in [7, 11) is 0. The van der Waals surface area contributed by atoms with Gasteiger partial charge in [0.05, 0.1) is 23.2 Å². The van der Waals surface area contributed by atoms with Crippen molar-refractivity contribution in [3.63, 3.8) is 0 Å². The average Bonchev–Trinajstić information content (AvgIpc) is 2.58. The zero-order chi connectivity index (χ0) is 18.4. The summed E-state index contributed by atoms with van der Waals surface area (Å²) in [4.78, 5) is 26.2. The highest BCUT2D eigenvalue weighted by molar-refractivity contribution is 6.36. The standard InChI is InChI=1S/C18H24Cl2N2O3/c1-12(2)11-25-14-5-7-22(8-6-14)17(23)10-21-18(24)15-4-3-13(19)9-16(15)20/h3-4,9,12,14H,5-8,10-11H2,1-2H3,(H,21,24). The van der Waals surface area contributed by atoms with Crippen LogP contribution >= 0.6 is 23.2 Å². The van der Waals surface area contributed by atoms with E-state index in [0.717, 1.165) is 19.4 Å². The number of rotatable bonds is 6. The van der Waals surface area contributed by atoms with Gasteiger partial charge in [-0.2, -0.15) is 0 Å². The molecule has 0 saturated carbocycles. The Morgan fingerprint density at radius 1 is 1.28 bits per heavy atom. The van der Waals surface area contributed by atoms with E-state index in [2.05, 4.69) is 19.2 Å². The molecule has 1 aromatic carbocycles. The summed E-state index contributed by atoms with van der Waals surface area (Å²) in [5, 5.41) is 3.34. The number of benzene rings is 1. The van der Waals surface area contributed by atoms with Crippen molar-refractivity contribution >= 4 is 35.0 Å². The van der Waals surface area contributed by atoms with Crippen LogP contribution in [0.5, 0.6) is 0 Å². The van der Waals surface area contributed by atoms with Crippen LogP contribution in [0.3, 0.4) is 0 Å². The van der Waals surface area contributed by atoms with E-state index in [9.17, 15) is 9.59 Å². The lowest BCUT2D eigenvalue weighted by atomic mass is 10.1. The molecule has 0 bridgehead atoms. The quantitative estimate of drug-likeness (QED) is 0.814. The van der Waals surface area contributed by atoms with Crippen LogP contribution < -0.4 is 5.32 Å². The Bertz CT molecular complexity index is 614. The molecule has 1 aromatic rings. The molecule has 1 aliphatic heterocycles. The second kappa shape index (κ2) is 9.41.